The second-order valence-corrected chi connectivity index (χ2v) is 19.3. The lowest BCUT2D eigenvalue weighted by molar-refractivity contribution is -0.379. The maximum Gasteiger partial charge on any atom is 0.220 e. The fourth-order valence-electron chi connectivity index (χ4n) is 8.95. The number of unbranched alkanes of at least 4 members (excludes halogenated alkanes) is 18. The first-order valence-corrected chi connectivity index (χ1v) is 26.7. The molecular formula is C52H93NO18. The molecule has 0 aromatic rings. The van der Waals surface area contributed by atoms with Gasteiger partial charge in [0.2, 0.25) is 5.91 Å². The minimum absolute atomic E-state index is 0.112. The van der Waals surface area contributed by atoms with E-state index < -0.39 is 124 Å². The number of amides is 1. The van der Waals surface area contributed by atoms with Gasteiger partial charge in [-0.1, -0.05) is 147 Å². The summed E-state index contributed by atoms with van der Waals surface area (Å²) in [6, 6.07) is -0.990. The number of nitrogens with one attached hydrogen (secondary N) is 1. The van der Waals surface area contributed by atoms with Gasteiger partial charge >= 0.3 is 0 Å². The van der Waals surface area contributed by atoms with Crippen molar-refractivity contribution in [2.24, 2.45) is 0 Å². The number of allylic oxidation sites excluding steroid dienone is 5. The van der Waals surface area contributed by atoms with Crippen molar-refractivity contribution in [3.05, 3.63) is 36.5 Å². The molecule has 0 aromatic heterocycles. The highest BCUT2D eigenvalue weighted by Crippen LogP contribution is 2.33. The molecule has 3 rings (SSSR count). The van der Waals surface area contributed by atoms with E-state index in [1.165, 1.54) is 109 Å². The summed E-state index contributed by atoms with van der Waals surface area (Å²) in [6.07, 6.45) is 11.7. The molecule has 19 nitrogen and oxygen atoms in total. The molecule has 3 heterocycles. The number of aliphatic hydroxyl groups excluding tert-OH is 11. The molecular weight excluding hydrogens is 927 g/mol. The van der Waals surface area contributed by atoms with Gasteiger partial charge in [0.15, 0.2) is 18.9 Å². The summed E-state index contributed by atoms with van der Waals surface area (Å²) in [5, 5.41) is 118. The van der Waals surface area contributed by atoms with Gasteiger partial charge in [-0.2, -0.15) is 0 Å². The fraction of sp³-hybridized carbons (Fsp3) is 0.865. The Morgan fingerprint density at radius 2 is 0.887 bits per heavy atom. The zero-order valence-electron chi connectivity index (χ0n) is 42.4. The Hall–Kier alpha value is -1.99. The van der Waals surface area contributed by atoms with Gasteiger partial charge in [-0.05, 0) is 38.5 Å². The van der Waals surface area contributed by atoms with E-state index >= 15 is 0 Å². The van der Waals surface area contributed by atoms with Crippen molar-refractivity contribution < 1.29 is 89.4 Å². The van der Waals surface area contributed by atoms with E-state index in [2.05, 4.69) is 36.5 Å². The standard InChI is InChI=1S/C52H93NO18/c1-3-5-6-7-8-9-10-11-12-13-14-15-16-17-18-19-20-21-22-23-24-25-26-27-28-29-30-36(57)35(53-40(58)4-2)34-66-50-46(64)43(61)48(38(32-55)68-50)71-52-47(65)44(62)49(39(33-56)69-52)70-51-45(63)42(60)41(59)37(31-54)67-51/h21-22,25-26,29-30,35-39,41-52,54-57,59-65H,3-20,23-24,27-28,31-34H2,1-2H3,(H,53,58)/b22-21+,26-25+,30-29+. The number of aliphatic hydroxyl groups is 11. The summed E-state index contributed by atoms with van der Waals surface area (Å²) in [6.45, 7) is 1.09. The quantitative estimate of drug-likeness (QED) is 0.0314. The van der Waals surface area contributed by atoms with Crippen LogP contribution in [0.25, 0.3) is 0 Å². The third-order valence-corrected chi connectivity index (χ3v) is 13.5. The molecule has 0 aliphatic carbocycles. The Morgan fingerprint density at radius 3 is 1.35 bits per heavy atom. The first-order valence-electron chi connectivity index (χ1n) is 26.7. The van der Waals surface area contributed by atoms with Crippen molar-refractivity contribution in [2.75, 3.05) is 26.4 Å². The van der Waals surface area contributed by atoms with Crippen molar-refractivity contribution in [3.63, 3.8) is 0 Å². The van der Waals surface area contributed by atoms with Crippen LogP contribution in [-0.2, 0) is 33.2 Å². The van der Waals surface area contributed by atoms with E-state index in [-0.39, 0.29) is 18.9 Å². The van der Waals surface area contributed by atoms with Gasteiger partial charge in [0.25, 0.3) is 0 Å². The predicted molar refractivity (Wildman–Crippen MR) is 263 cm³/mol. The highest BCUT2D eigenvalue weighted by molar-refractivity contribution is 5.75. The zero-order chi connectivity index (χ0) is 52.0. The van der Waals surface area contributed by atoms with Crippen LogP contribution in [-0.4, -0.2) is 193 Å². The molecule has 414 valence electrons. The van der Waals surface area contributed by atoms with Crippen LogP contribution in [0.5, 0.6) is 0 Å². The molecule has 1 amide bonds. The summed E-state index contributed by atoms with van der Waals surface area (Å²) >= 11 is 0. The largest absolute Gasteiger partial charge is 0.394 e. The molecule has 17 unspecified atom stereocenters. The van der Waals surface area contributed by atoms with E-state index in [1.807, 2.05) is 0 Å². The van der Waals surface area contributed by atoms with Crippen LogP contribution in [0.15, 0.2) is 36.5 Å². The lowest BCUT2D eigenvalue weighted by Gasteiger charge is -2.48. The highest BCUT2D eigenvalue weighted by atomic mass is 16.8. The predicted octanol–water partition coefficient (Wildman–Crippen LogP) is 2.59. The molecule has 0 aromatic carbocycles. The maximum absolute atomic E-state index is 12.4. The summed E-state index contributed by atoms with van der Waals surface area (Å²) < 4.78 is 33.7. The normalized spacial score (nSPS) is 32.5. The Kier molecular flexibility index (Phi) is 32.9. The van der Waals surface area contributed by atoms with Gasteiger partial charge in [0, 0.05) is 6.42 Å². The minimum Gasteiger partial charge on any atom is -0.394 e. The molecule has 0 saturated carbocycles. The third-order valence-electron chi connectivity index (χ3n) is 13.5. The van der Waals surface area contributed by atoms with Crippen LogP contribution in [0.1, 0.15) is 155 Å². The maximum atomic E-state index is 12.4. The second kappa shape index (κ2) is 36.9. The monoisotopic (exact) mass is 1020 g/mol. The highest BCUT2D eigenvalue weighted by Gasteiger charge is 2.53. The number of hydrogen-bond donors (Lipinski definition) is 12. The molecule has 0 bridgehead atoms. The van der Waals surface area contributed by atoms with E-state index in [1.54, 1.807) is 13.0 Å². The minimum atomic E-state index is -1.98. The summed E-state index contributed by atoms with van der Waals surface area (Å²) in [5.41, 5.74) is 0. The topological polar surface area (TPSA) is 307 Å². The van der Waals surface area contributed by atoms with Crippen LogP contribution in [0.2, 0.25) is 0 Å². The van der Waals surface area contributed by atoms with Gasteiger partial charge in [-0.15, -0.1) is 0 Å². The van der Waals surface area contributed by atoms with Crippen molar-refractivity contribution in [3.8, 4) is 0 Å². The first kappa shape index (κ1) is 63.3. The number of carbonyl (C=O) groups is 1. The number of hydrogen-bond acceptors (Lipinski definition) is 18. The Balaban J connectivity index is 1.35. The zero-order valence-corrected chi connectivity index (χ0v) is 42.4. The van der Waals surface area contributed by atoms with Crippen LogP contribution < -0.4 is 5.32 Å². The van der Waals surface area contributed by atoms with Crippen LogP contribution >= 0.6 is 0 Å². The van der Waals surface area contributed by atoms with E-state index in [9.17, 15) is 61.0 Å². The molecule has 3 aliphatic heterocycles. The number of rotatable bonds is 37. The van der Waals surface area contributed by atoms with Gasteiger partial charge in [0.05, 0.1) is 38.6 Å². The van der Waals surface area contributed by atoms with Gasteiger partial charge in [0.1, 0.15) is 73.2 Å². The third kappa shape index (κ3) is 22.4. The molecule has 3 saturated heterocycles. The van der Waals surface area contributed by atoms with Crippen molar-refractivity contribution in [2.45, 2.75) is 259 Å². The van der Waals surface area contributed by atoms with Crippen LogP contribution in [0.4, 0.5) is 0 Å². The molecule has 3 aliphatic rings. The van der Waals surface area contributed by atoms with Crippen molar-refractivity contribution >= 4 is 5.91 Å². The van der Waals surface area contributed by atoms with Crippen LogP contribution in [0.3, 0.4) is 0 Å². The summed E-state index contributed by atoms with van der Waals surface area (Å²) in [4.78, 5) is 12.4. The average Bonchev–Trinajstić information content (AvgIpc) is 3.37. The summed E-state index contributed by atoms with van der Waals surface area (Å²) in [7, 11) is 0. The molecule has 71 heavy (non-hydrogen) atoms. The SMILES string of the molecule is CCCCCCCCCCCCCCCCCC/C=C/CC/C=C/CC/C=C/C(O)C(COC1OC(CO)C(OC2OC(CO)C(OC3OC(CO)C(O)C(O)C3O)C(O)C2O)C(O)C1O)NC(=O)CC. The Labute approximate surface area is 421 Å². The molecule has 17 atom stereocenters. The second-order valence-electron chi connectivity index (χ2n) is 19.3. The number of carbonyl (C=O) groups excluding carboxylic acids is 1. The molecule has 0 spiro atoms. The van der Waals surface area contributed by atoms with Crippen LogP contribution in [0, 0.1) is 0 Å². The smallest absolute Gasteiger partial charge is 0.220 e. The molecule has 0 radical (unpaired) electrons. The Morgan fingerprint density at radius 1 is 0.493 bits per heavy atom. The van der Waals surface area contributed by atoms with E-state index in [0.717, 1.165) is 25.7 Å². The fourth-order valence-corrected chi connectivity index (χ4v) is 8.95. The van der Waals surface area contributed by atoms with Crippen molar-refractivity contribution in [1.29, 1.82) is 0 Å². The lowest BCUT2D eigenvalue weighted by Crippen LogP contribution is -2.66. The number of ether oxygens (including phenoxy) is 6. The van der Waals surface area contributed by atoms with E-state index in [0.29, 0.717) is 6.42 Å². The Bertz CT molecular complexity index is 1450. The molecule has 12 N–H and O–H groups in total. The van der Waals surface area contributed by atoms with Gasteiger partial charge in [-0.25, -0.2) is 0 Å². The first-order chi connectivity index (χ1) is 34.3. The van der Waals surface area contributed by atoms with Gasteiger partial charge < -0.3 is 89.9 Å². The van der Waals surface area contributed by atoms with Crippen molar-refractivity contribution in [1.82, 2.24) is 5.32 Å². The summed E-state index contributed by atoms with van der Waals surface area (Å²) in [5.74, 6) is -0.380. The molecule has 3 fully saturated rings. The lowest BCUT2D eigenvalue weighted by atomic mass is 9.96. The average molecular weight is 1020 g/mol. The van der Waals surface area contributed by atoms with E-state index in [4.69, 9.17) is 28.4 Å². The molecule has 19 heteroatoms. The van der Waals surface area contributed by atoms with Gasteiger partial charge in [-0.3, -0.25) is 4.79 Å².